The second-order valence-corrected chi connectivity index (χ2v) is 2.84. The van der Waals surface area contributed by atoms with Crippen LogP contribution in [0.5, 0.6) is 0 Å². The minimum atomic E-state index is 0.676. The Hall–Kier alpha value is -0.0800. The van der Waals surface area contributed by atoms with E-state index in [-0.39, 0.29) is 0 Å². The number of methoxy groups -OCH3 is 2. The molecule has 11 heavy (non-hydrogen) atoms. The quantitative estimate of drug-likeness (QED) is 0.631. The van der Waals surface area contributed by atoms with Gasteiger partial charge in [0.05, 0.1) is 0 Å². The van der Waals surface area contributed by atoms with Gasteiger partial charge < -0.3 is 9.47 Å². The fraction of sp³-hybridized carbons (Fsp3) is 1.00. The van der Waals surface area contributed by atoms with E-state index in [0.29, 0.717) is 5.92 Å². The summed E-state index contributed by atoms with van der Waals surface area (Å²) in [7, 11) is 3.43. The van der Waals surface area contributed by atoms with E-state index in [1.807, 2.05) is 0 Å². The van der Waals surface area contributed by atoms with Crippen LogP contribution in [-0.2, 0) is 9.47 Å². The molecule has 0 rings (SSSR count). The van der Waals surface area contributed by atoms with Crippen molar-refractivity contribution in [1.82, 2.24) is 0 Å². The molecule has 0 aliphatic heterocycles. The molecule has 0 saturated carbocycles. The number of rotatable bonds is 4. The van der Waals surface area contributed by atoms with Crippen LogP contribution >= 0.6 is 0 Å². The fourth-order valence-electron chi connectivity index (χ4n) is 0.537. The summed E-state index contributed by atoms with van der Waals surface area (Å²) in [6.45, 7) is 8.11. The zero-order chi connectivity index (χ0) is 9.11. The van der Waals surface area contributed by atoms with E-state index < -0.39 is 0 Å². The van der Waals surface area contributed by atoms with E-state index in [0.717, 1.165) is 19.6 Å². The molecule has 0 radical (unpaired) electrons. The van der Waals surface area contributed by atoms with E-state index in [1.54, 1.807) is 14.2 Å². The lowest BCUT2D eigenvalue weighted by Gasteiger charge is -1.97. The first-order valence-corrected chi connectivity index (χ1v) is 4.16. The van der Waals surface area contributed by atoms with E-state index in [2.05, 4.69) is 20.8 Å². The van der Waals surface area contributed by atoms with Crippen molar-refractivity contribution in [2.75, 3.05) is 27.4 Å². The van der Waals surface area contributed by atoms with E-state index in [4.69, 9.17) is 9.47 Å². The lowest BCUT2D eigenvalue weighted by Crippen LogP contribution is -1.96. The first kappa shape index (κ1) is 13.5. The molecule has 0 aromatic carbocycles. The Kier molecular flexibility index (Phi) is 15.4. The van der Waals surface area contributed by atoms with Gasteiger partial charge in [-0.25, -0.2) is 0 Å². The van der Waals surface area contributed by atoms with Crippen molar-refractivity contribution in [3.8, 4) is 0 Å². The molecule has 0 heterocycles. The third kappa shape index (κ3) is 25.7. The van der Waals surface area contributed by atoms with Crippen LogP contribution in [0.2, 0.25) is 0 Å². The van der Waals surface area contributed by atoms with Crippen LogP contribution in [-0.4, -0.2) is 27.4 Å². The highest BCUT2D eigenvalue weighted by Gasteiger charge is 1.85. The molecule has 0 amide bonds. The molecule has 0 bridgehead atoms. The summed E-state index contributed by atoms with van der Waals surface area (Å²) in [6, 6.07) is 0. The SMILES string of the molecule is CCCOC.COCC(C)C. The third-order valence-corrected chi connectivity index (χ3v) is 0.908. The Morgan fingerprint density at radius 1 is 1.09 bits per heavy atom. The molecule has 0 fully saturated rings. The van der Waals surface area contributed by atoms with Gasteiger partial charge in [0.25, 0.3) is 0 Å². The second kappa shape index (κ2) is 12.6. The zero-order valence-corrected chi connectivity index (χ0v) is 8.52. The largest absolute Gasteiger partial charge is 0.385 e. The summed E-state index contributed by atoms with van der Waals surface area (Å²) in [4.78, 5) is 0. The lowest BCUT2D eigenvalue weighted by molar-refractivity contribution is 0.167. The van der Waals surface area contributed by atoms with Crippen LogP contribution in [0, 0.1) is 5.92 Å². The van der Waals surface area contributed by atoms with Crippen LogP contribution in [0.15, 0.2) is 0 Å². The Morgan fingerprint density at radius 2 is 1.64 bits per heavy atom. The van der Waals surface area contributed by atoms with Gasteiger partial charge in [-0.3, -0.25) is 0 Å². The van der Waals surface area contributed by atoms with Gasteiger partial charge in [-0.1, -0.05) is 20.8 Å². The predicted octanol–water partition coefficient (Wildman–Crippen LogP) is 2.33. The van der Waals surface area contributed by atoms with Gasteiger partial charge in [-0.15, -0.1) is 0 Å². The summed E-state index contributed by atoms with van der Waals surface area (Å²) >= 11 is 0. The van der Waals surface area contributed by atoms with Crippen molar-refractivity contribution in [2.45, 2.75) is 27.2 Å². The molecule has 0 aromatic heterocycles. The Bertz CT molecular complexity index is 51.5. The van der Waals surface area contributed by atoms with E-state index in [9.17, 15) is 0 Å². The maximum atomic E-state index is 4.80. The van der Waals surface area contributed by atoms with Gasteiger partial charge in [0.2, 0.25) is 0 Å². The molecular weight excluding hydrogens is 140 g/mol. The average Bonchev–Trinajstić information content (AvgIpc) is 1.90. The fourth-order valence-corrected chi connectivity index (χ4v) is 0.537. The number of ether oxygens (including phenoxy) is 2. The molecule has 0 aliphatic rings. The van der Waals surface area contributed by atoms with Crippen LogP contribution < -0.4 is 0 Å². The Morgan fingerprint density at radius 3 is 1.64 bits per heavy atom. The summed E-state index contributed by atoms with van der Waals surface area (Å²) in [5.74, 6) is 0.676. The minimum absolute atomic E-state index is 0.676. The summed E-state index contributed by atoms with van der Waals surface area (Å²) in [6.07, 6.45) is 1.12. The van der Waals surface area contributed by atoms with Gasteiger partial charge in [0.1, 0.15) is 0 Å². The van der Waals surface area contributed by atoms with Crippen molar-refractivity contribution < 1.29 is 9.47 Å². The smallest absolute Gasteiger partial charge is 0.0485 e. The molecule has 0 unspecified atom stereocenters. The number of hydrogen-bond donors (Lipinski definition) is 0. The average molecular weight is 162 g/mol. The highest BCUT2D eigenvalue weighted by Crippen LogP contribution is 1.88. The van der Waals surface area contributed by atoms with Crippen LogP contribution in [0.1, 0.15) is 27.2 Å². The molecule has 0 aromatic rings. The maximum absolute atomic E-state index is 4.80. The molecule has 0 atom stereocenters. The summed E-state index contributed by atoms with van der Waals surface area (Å²) < 4.78 is 9.49. The third-order valence-electron chi connectivity index (χ3n) is 0.908. The summed E-state index contributed by atoms with van der Waals surface area (Å²) in [5.41, 5.74) is 0. The molecule has 0 N–H and O–H groups in total. The van der Waals surface area contributed by atoms with E-state index in [1.165, 1.54) is 0 Å². The van der Waals surface area contributed by atoms with Gasteiger partial charge in [0, 0.05) is 27.4 Å². The van der Waals surface area contributed by atoms with Crippen molar-refractivity contribution >= 4 is 0 Å². The molecule has 2 heteroatoms. The second-order valence-electron chi connectivity index (χ2n) is 2.84. The molecular formula is C9H22O2. The van der Waals surface area contributed by atoms with Crippen molar-refractivity contribution in [2.24, 2.45) is 5.92 Å². The molecule has 70 valence electrons. The van der Waals surface area contributed by atoms with Gasteiger partial charge in [0.15, 0.2) is 0 Å². The normalized spacial score (nSPS) is 9.27. The predicted molar refractivity (Wildman–Crippen MR) is 48.9 cm³/mol. The zero-order valence-electron chi connectivity index (χ0n) is 8.52. The monoisotopic (exact) mass is 162 g/mol. The Balaban J connectivity index is 0. The highest BCUT2D eigenvalue weighted by atomic mass is 16.5. The standard InChI is InChI=1S/C5H12O.C4H10O/c1-5(2)4-6-3;1-3-4-5-2/h5H,4H2,1-3H3;3-4H2,1-2H3. The first-order valence-electron chi connectivity index (χ1n) is 4.16. The molecule has 0 spiro atoms. The topological polar surface area (TPSA) is 18.5 Å². The van der Waals surface area contributed by atoms with E-state index >= 15 is 0 Å². The van der Waals surface area contributed by atoms with Crippen molar-refractivity contribution in [1.29, 1.82) is 0 Å². The van der Waals surface area contributed by atoms with Crippen LogP contribution in [0.25, 0.3) is 0 Å². The van der Waals surface area contributed by atoms with Gasteiger partial charge >= 0.3 is 0 Å². The highest BCUT2D eigenvalue weighted by molar-refractivity contribution is 4.35. The Labute approximate surface area is 70.9 Å². The molecule has 0 aliphatic carbocycles. The lowest BCUT2D eigenvalue weighted by atomic mass is 10.2. The van der Waals surface area contributed by atoms with Crippen LogP contribution in [0.4, 0.5) is 0 Å². The van der Waals surface area contributed by atoms with Gasteiger partial charge in [-0.05, 0) is 12.3 Å². The maximum Gasteiger partial charge on any atom is 0.0485 e. The van der Waals surface area contributed by atoms with Gasteiger partial charge in [-0.2, -0.15) is 0 Å². The minimum Gasteiger partial charge on any atom is -0.385 e. The molecule has 2 nitrogen and oxygen atoms in total. The first-order chi connectivity index (χ1) is 5.18. The number of hydrogen-bond acceptors (Lipinski definition) is 2. The van der Waals surface area contributed by atoms with Crippen LogP contribution in [0.3, 0.4) is 0 Å². The van der Waals surface area contributed by atoms with Crippen molar-refractivity contribution in [3.05, 3.63) is 0 Å². The molecule has 0 saturated heterocycles. The summed E-state index contributed by atoms with van der Waals surface area (Å²) in [5, 5.41) is 0. The van der Waals surface area contributed by atoms with Crippen molar-refractivity contribution in [3.63, 3.8) is 0 Å².